The number of nitrogens with zero attached hydrogens (tertiary/aromatic N) is 3. The van der Waals surface area contributed by atoms with Gasteiger partial charge in [0.05, 0.1) is 11.4 Å². The third kappa shape index (κ3) is 9.35. The SMILES string of the molecule is CCCCCCCCOCCCN1C(C(C(=O)Nc2cc(Cl)ccc2SCc2ccccc2)N2C(=O)OC(C)(C)C2=O)=Nc2ccccc2S1(=O)=O. The first-order valence-corrected chi connectivity index (χ1v) is 20.4. The quantitative estimate of drug-likeness (QED) is 0.101. The van der Waals surface area contributed by atoms with E-state index >= 15 is 0 Å². The maximum atomic E-state index is 14.6. The Morgan fingerprint density at radius 3 is 2.38 bits per heavy atom. The predicted octanol–water partition coefficient (Wildman–Crippen LogP) is 8.20. The molecule has 3 amide bonds. The topological polar surface area (TPSA) is 135 Å². The lowest BCUT2D eigenvalue weighted by atomic mass is 10.1. The largest absolute Gasteiger partial charge is 0.433 e. The first-order valence-electron chi connectivity index (χ1n) is 17.6. The summed E-state index contributed by atoms with van der Waals surface area (Å²) in [4.78, 5) is 47.6. The number of imide groups is 1. The van der Waals surface area contributed by atoms with E-state index in [2.05, 4.69) is 17.2 Å². The van der Waals surface area contributed by atoms with E-state index in [0.29, 0.717) is 32.9 Å². The smallest absolute Gasteiger partial charge is 0.418 e. The number of amides is 3. The van der Waals surface area contributed by atoms with Gasteiger partial charge in [0.15, 0.2) is 17.5 Å². The molecule has 2 aliphatic heterocycles. The molecule has 1 saturated heterocycles. The highest BCUT2D eigenvalue weighted by molar-refractivity contribution is 7.98. The van der Waals surface area contributed by atoms with E-state index in [-0.39, 0.29) is 36.0 Å². The van der Waals surface area contributed by atoms with Crippen molar-refractivity contribution >= 4 is 68.5 Å². The number of carbonyl (C=O) groups excluding carboxylic acids is 3. The predicted molar refractivity (Wildman–Crippen MR) is 204 cm³/mol. The number of rotatable bonds is 18. The van der Waals surface area contributed by atoms with Crippen LogP contribution >= 0.6 is 23.4 Å². The number of hydrogen-bond acceptors (Lipinski definition) is 9. The fourth-order valence-corrected chi connectivity index (χ4v) is 8.68. The molecule has 52 heavy (non-hydrogen) atoms. The maximum Gasteiger partial charge on any atom is 0.418 e. The third-order valence-corrected chi connectivity index (χ3v) is 11.9. The molecular weight excluding hydrogens is 724 g/mol. The van der Waals surface area contributed by atoms with Crippen LogP contribution in [0.2, 0.25) is 5.02 Å². The van der Waals surface area contributed by atoms with Crippen LogP contribution in [0.1, 0.15) is 71.3 Å². The Morgan fingerprint density at radius 2 is 1.65 bits per heavy atom. The molecule has 3 aromatic carbocycles. The van der Waals surface area contributed by atoms with Crippen LogP contribution in [0.3, 0.4) is 0 Å². The molecule has 1 unspecified atom stereocenters. The van der Waals surface area contributed by atoms with Crippen molar-refractivity contribution < 1.29 is 32.3 Å². The molecule has 0 bridgehead atoms. The maximum absolute atomic E-state index is 14.6. The minimum atomic E-state index is -4.29. The molecule has 0 radical (unpaired) electrons. The van der Waals surface area contributed by atoms with Gasteiger partial charge >= 0.3 is 6.09 Å². The lowest BCUT2D eigenvalue weighted by molar-refractivity contribution is -0.137. The Labute approximate surface area is 315 Å². The van der Waals surface area contributed by atoms with Crippen LogP contribution in [-0.4, -0.2) is 72.8 Å². The molecule has 1 atom stereocenters. The molecule has 1 fully saturated rings. The van der Waals surface area contributed by atoms with Crippen LogP contribution in [-0.2, 0) is 34.8 Å². The number of sulfonamides is 1. The minimum Gasteiger partial charge on any atom is -0.433 e. The molecule has 5 rings (SSSR count). The summed E-state index contributed by atoms with van der Waals surface area (Å²) in [6, 6.07) is 19.1. The van der Waals surface area contributed by atoms with Crippen LogP contribution < -0.4 is 5.32 Å². The Morgan fingerprint density at radius 1 is 0.962 bits per heavy atom. The van der Waals surface area contributed by atoms with Crippen LogP contribution in [0, 0.1) is 0 Å². The number of cyclic esters (lactones) is 1. The van der Waals surface area contributed by atoms with Crippen molar-refractivity contribution in [2.75, 3.05) is 25.1 Å². The molecule has 3 aromatic rings. The zero-order valence-electron chi connectivity index (χ0n) is 29.7. The highest BCUT2D eigenvalue weighted by Crippen LogP contribution is 2.37. The van der Waals surface area contributed by atoms with Gasteiger partial charge < -0.3 is 14.8 Å². The lowest BCUT2D eigenvalue weighted by Crippen LogP contribution is -2.59. The normalized spacial score (nSPS) is 16.7. The summed E-state index contributed by atoms with van der Waals surface area (Å²) in [5.41, 5.74) is -0.162. The molecule has 1 N–H and O–H groups in total. The Kier molecular flexibility index (Phi) is 13.4. The van der Waals surface area contributed by atoms with E-state index < -0.39 is 39.6 Å². The summed E-state index contributed by atoms with van der Waals surface area (Å²) in [6.45, 7) is 5.67. The minimum absolute atomic E-state index is 0.0593. The molecule has 278 valence electrons. The highest BCUT2D eigenvalue weighted by Gasteiger charge is 2.55. The Balaban J connectivity index is 1.46. The van der Waals surface area contributed by atoms with Crippen molar-refractivity contribution in [2.45, 2.75) is 92.9 Å². The number of halogens is 1. The van der Waals surface area contributed by atoms with Gasteiger partial charge in [-0.1, -0.05) is 93.1 Å². The monoisotopic (exact) mass is 768 g/mol. The first-order chi connectivity index (χ1) is 24.9. The number of unbranched alkanes of at least 4 members (excludes halogenated alkanes) is 5. The molecule has 0 aromatic heterocycles. The van der Waals surface area contributed by atoms with Gasteiger partial charge in [0.25, 0.3) is 21.8 Å². The van der Waals surface area contributed by atoms with Gasteiger partial charge in [-0.3, -0.25) is 13.9 Å². The van der Waals surface area contributed by atoms with Crippen molar-refractivity contribution in [1.29, 1.82) is 0 Å². The summed E-state index contributed by atoms with van der Waals surface area (Å²) in [6.07, 6.45) is 5.85. The van der Waals surface area contributed by atoms with Crippen LogP contribution in [0.5, 0.6) is 0 Å². The van der Waals surface area contributed by atoms with Crippen molar-refractivity contribution in [3.63, 3.8) is 0 Å². The van der Waals surface area contributed by atoms with Gasteiger partial charge in [-0.05, 0) is 62.6 Å². The van der Waals surface area contributed by atoms with Gasteiger partial charge in [-0.15, -0.1) is 11.8 Å². The number of aliphatic imine (C=N–C) groups is 1. The van der Waals surface area contributed by atoms with E-state index in [0.717, 1.165) is 29.1 Å². The molecule has 2 aliphatic rings. The fourth-order valence-electron chi connectivity index (χ4n) is 5.94. The molecule has 14 heteroatoms. The second-order valence-corrected chi connectivity index (χ2v) is 16.4. The van der Waals surface area contributed by atoms with E-state index in [9.17, 15) is 22.8 Å². The Bertz CT molecular complexity index is 1890. The average molecular weight is 769 g/mol. The van der Waals surface area contributed by atoms with Gasteiger partial charge in [-0.2, -0.15) is 0 Å². The summed E-state index contributed by atoms with van der Waals surface area (Å²) >= 11 is 7.83. The molecule has 0 saturated carbocycles. The van der Waals surface area contributed by atoms with E-state index in [1.165, 1.54) is 57.0 Å². The van der Waals surface area contributed by atoms with Crippen molar-refractivity contribution in [3.8, 4) is 0 Å². The average Bonchev–Trinajstić information content (AvgIpc) is 3.31. The second kappa shape index (κ2) is 17.7. The standard InChI is InChI=1S/C38H45ClN4O7S2/c1-4-5-6-7-8-14-23-49-24-15-22-42-34(40-29-18-12-13-19-32(29)52(42,47)48)33(43-36(45)38(2,3)50-37(43)46)35(44)41-30-25-28(39)20-21-31(30)51-26-27-16-10-9-11-17-27/h9-13,16-21,25,33H,4-8,14-15,22-24,26H2,1-3H3,(H,41,44). The number of amidine groups is 1. The summed E-state index contributed by atoms with van der Waals surface area (Å²) in [5, 5.41) is 3.17. The zero-order valence-corrected chi connectivity index (χ0v) is 32.1. The molecular formula is C38H45ClN4O7S2. The van der Waals surface area contributed by atoms with Crippen molar-refractivity contribution in [1.82, 2.24) is 9.21 Å². The van der Waals surface area contributed by atoms with E-state index in [1.54, 1.807) is 30.3 Å². The number of hydrogen-bond donors (Lipinski definition) is 1. The summed E-state index contributed by atoms with van der Waals surface area (Å²) in [7, 11) is -4.29. The molecule has 2 heterocycles. The number of fused-ring (bicyclic) bond motifs is 1. The number of para-hydroxylation sites is 1. The second-order valence-electron chi connectivity index (χ2n) is 13.1. The van der Waals surface area contributed by atoms with Gasteiger partial charge in [0.1, 0.15) is 4.90 Å². The van der Waals surface area contributed by atoms with Crippen LogP contribution in [0.4, 0.5) is 16.2 Å². The van der Waals surface area contributed by atoms with Gasteiger partial charge in [-0.25, -0.2) is 23.1 Å². The number of carbonyl (C=O) groups is 3. The van der Waals surface area contributed by atoms with Gasteiger partial charge in [0.2, 0.25) is 0 Å². The number of nitrogens with one attached hydrogen (secondary N) is 1. The molecule has 0 aliphatic carbocycles. The van der Waals surface area contributed by atoms with Crippen molar-refractivity contribution in [2.24, 2.45) is 4.99 Å². The van der Waals surface area contributed by atoms with Crippen molar-refractivity contribution in [3.05, 3.63) is 83.4 Å². The number of anilines is 1. The fraction of sp³-hybridized carbons (Fsp3) is 0.421. The highest BCUT2D eigenvalue weighted by atomic mass is 35.5. The number of ether oxygens (including phenoxy) is 2. The van der Waals surface area contributed by atoms with Gasteiger partial charge in [0, 0.05) is 35.4 Å². The first kappa shape index (κ1) is 39.3. The number of thioether (sulfide) groups is 1. The molecule has 0 spiro atoms. The third-order valence-electron chi connectivity index (χ3n) is 8.68. The summed E-state index contributed by atoms with van der Waals surface area (Å²) in [5.74, 6) is -1.42. The van der Waals surface area contributed by atoms with E-state index in [4.69, 9.17) is 21.1 Å². The Hall–Kier alpha value is -3.91. The van der Waals surface area contributed by atoms with Crippen LogP contribution in [0.15, 0.2) is 87.6 Å². The lowest BCUT2D eigenvalue weighted by Gasteiger charge is -2.35. The van der Waals surface area contributed by atoms with Crippen LogP contribution in [0.25, 0.3) is 0 Å². The van der Waals surface area contributed by atoms with E-state index in [1.807, 2.05) is 30.3 Å². The summed E-state index contributed by atoms with van der Waals surface area (Å²) < 4.78 is 40.7. The molecule has 11 nitrogen and oxygen atoms in total. The number of benzene rings is 3. The zero-order chi connectivity index (χ0) is 37.3.